The lowest BCUT2D eigenvalue weighted by Crippen LogP contribution is -2.28. The van der Waals surface area contributed by atoms with Gasteiger partial charge < -0.3 is 9.15 Å². The zero-order valence-corrected chi connectivity index (χ0v) is 31.9. The molecule has 0 N–H and O–H groups in total. The fraction of sp³-hybridized carbons (Fsp3) is 0.0175. The maximum Gasteiger partial charge on any atom is 0.135 e. The monoisotopic (exact) mass is 750 g/mol. The minimum atomic E-state index is -0.547. The molecule has 2 heterocycles. The summed E-state index contributed by atoms with van der Waals surface area (Å²) >= 11 is 0. The highest BCUT2D eigenvalue weighted by Gasteiger charge is 2.47. The number of fused-ring (bicyclic) bond motifs is 9. The van der Waals surface area contributed by atoms with E-state index in [1.54, 1.807) is 0 Å². The number of rotatable bonds is 4. The molecule has 59 heavy (non-hydrogen) atoms. The van der Waals surface area contributed by atoms with Crippen LogP contribution in [0.1, 0.15) is 22.3 Å². The van der Waals surface area contributed by atoms with E-state index in [0.29, 0.717) is 0 Å². The third-order valence-electron chi connectivity index (χ3n) is 12.9. The predicted octanol–water partition coefficient (Wildman–Crippen LogP) is 15.4. The van der Waals surface area contributed by atoms with Crippen LogP contribution in [0.25, 0.3) is 88.0 Å². The molecule has 13 rings (SSSR count). The minimum absolute atomic E-state index is 0.547. The van der Waals surface area contributed by atoms with Gasteiger partial charge in [-0.25, -0.2) is 0 Å². The fourth-order valence-corrected chi connectivity index (χ4v) is 10.4. The van der Waals surface area contributed by atoms with Crippen LogP contribution >= 0.6 is 0 Å². The summed E-state index contributed by atoms with van der Waals surface area (Å²) in [7, 11) is 0. The number of ether oxygens (including phenoxy) is 1. The van der Waals surface area contributed by atoms with Gasteiger partial charge in [0.05, 0.1) is 5.41 Å². The van der Waals surface area contributed by atoms with Crippen LogP contribution in [-0.2, 0) is 5.41 Å². The van der Waals surface area contributed by atoms with Gasteiger partial charge in [0.2, 0.25) is 0 Å². The molecule has 2 nitrogen and oxygen atoms in total. The predicted molar refractivity (Wildman–Crippen MR) is 242 cm³/mol. The molecule has 0 amide bonds. The van der Waals surface area contributed by atoms with E-state index in [1.165, 1.54) is 71.6 Å². The number of benzene rings is 10. The Morgan fingerprint density at radius 1 is 0.339 bits per heavy atom. The summed E-state index contributed by atoms with van der Waals surface area (Å²) in [6.45, 7) is 0. The van der Waals surface area contributed by atoms with Crippen molar-refractivity contribution in [3.63, 3.8) is 0 Å². The van der Waals surface area contributed by atoms with Crippen molar-refractivity contribution in [1.29, 1.82) is 0 Å². The summed E-state index contributed by atoms with van der Waals surface area (Å²) in [5.41, 5.74) is 15.9. The molecule has 0 fully saturated rings. The lowest BCUT2D eigenvalue weighted by atomic mass is 9.67. The molecule has 0 bridgehead atoms. The average molecular weight is 751 g/mol. The minimum Gasteiger partial charge on any atom is -0.456 e. The average Bonchev–Trinajstić information content (AvgIpc) is 3.82. The van der Waals surface area contributed by atoms with E-state index in [2.05, 4.69) is 200 Å². The summed E-state index contributed by atoms with van der Waals surface area (Å²) in [5.74, 6) is 1.80. The lowest BCUT2D eigenvalue weighted by molar-refractivity contribution is 0.487. The van der Waals surface area contributed by atoms with Gasteiger partial charge in [-0.15, -0.1) is 0 Å². The van der Waals surface area contributed by atoms with E-state index >= 15 is 0 Å². The van der Waals surface area contributed by atoms with Gasteiger partial charge in [-0.3, -0.25) is 0 Å². The number of para-hydroxylation sites is 1. The first-order valence-electron chi connectivity index (χ1n) is 20.3. The Kier molecular flexibility index (Phi) is 6.68. The maximum atomic E-state index is 6.51. The zero-order valence-electron chi connectivity index (χ0n) is 31.9. The van der Waals surface area contributed by atoms with Crippen LogP contribution in [0.4, 0.5) is 0 Å². The highest BCUT2D eigenvalue weighted by Crippen LogP contribution is 2.60. The highest BCUT2D eigenvalue weighted by atomic mass is 16.5. The van der Waals surface area contributed by atoms with E-state index in [-0.39, 0.29) is 0 Å². The lowest BCUT2D eigenvalue weighted by Gasteiger charge is -2.34. The first-order valence-corrected chi connectivity index (χ1v) is 20.3. The Morgan fingerprint density at radius 3 is 1.86 bits per heavy atom. The molecule has 0 radical (unpaired) electrons. The topological polar surface area (TPSA) is 22.4 Å². The van der Waals surface area contributed by atoms with Gasteiger partial charge in [0.25, 0.3) is 0 Å². The van der Waals surface area contributed by atoms with Crippen LogP contribution in [0.5, 0.6) is 11.5 Å². The highest BCUT2D eigenvalue weighted by molar-refractivity contribution is 6.13. The number of furan rings is 1. The first-order chi connectivity index (χ1) is 29.2. The molecular weight excluding hydrogens is 717 g/mol. The summed E-state index contributed by atoms with van der Waals surface area (Å²) in [5, 5.41) is 7.01. The SMILES string of the molecule is c1ccc(C2(c3ccccc3)c3ccccc3-c3c2cc2cc(-c4ccc5c(c4)-c4cccc6cccc(c46)O5)ccc2c3-c2ccc3oc4ccccc4c3c2)cc1. The fourth-order valence-electron chi connectivity index (χ4n) is 10.4. The molecule has 1 aliphatic carbocycles. The van der Waals surface area contributed by atoms with Crippen molar-refractivity contribution in [2.24, 2.45) is 0 Å². The van der Waals surface area contributed by atoms with Gasteiger partial charge in [0, 0.05) is 21.7 Å². The number of hydrogen-bond acceptors (Lipinski definition) is 2. The molecule has 1 aromatic heterocycles. The summed E-state index contributed by atoms with van der Waals surface area (Å²) < 4.78 is 12.9. The second kappa shape index (κ2) is 12.2. The summed E-state index contributed by atoms with van der Waals surface area (Å²) in [6.07, 6.45) is 0. The van der Waals surface area contributed by atoms with Crippen molar-refractivity contribution in [1.82, 2.24) is 0 Å². The van der Waals surface area contributed by atoms with Gasteiger partial charge >= 0.3 is 0 Å². The molecular formula is C57H34O2. The van der Waals surface area contributed by atoms with Crippen molar-refractivity contribution in [2.75, 3.05) is 0 Å². The van der Waals surface area contributed by atoms with Crippen LogP contribution in [-0.4, -0.2) is 0 Å². The standard InChI is InChI=1S/C57H34O2/c1-3-15-40(16-4-1)57(41-17-5-2-6-18-41)48-22-9-7-20-45(48)56-49(57)34-39-31-36(37-26-29-52-47(32-37)44-21-11-13-35-14-12-24-53(59-52)54(35)44)25-28-42(39)55(56)38-27-30-51-46(33-38)43-19-8-10-23-50(43)58-51/h1-34H. The molecule has 274 valence electrons. The molecule has 0 saturated heterocycles. The molecule has 2 heteroatoms. The van der Waals surface area contributed by atoms with Gasteiger partial charge in [-0.1, -0.05) is 158 Å². The van der Waals surface area contributed by atoms with E-state index in [1.807, 2.05) is 6.07 Å². The maximum absolute atomic E-state index is 6.51. The van der Waals surface area contributed by atoms with Crippen LogP contribution < -0.4 is 4.74 Å². The molecule has 0 spiro atoms. The Morgan fingerprint density at radius 2 is 1.02 bits per heavy atom. The van der Waals surface area contributed by atoms with Crippen LogP contribution in [0.15, 0.2) is 211 Å². The zero-order chi connectivity index (χ0) is 38.7. The van der Waals surface area contributed by atoms with Gasteiger partial charge in [-0.05, 0) is 126 Å². The molecule has 2 aliphatic rings. The Hall–Kier alpha value is -7.68. The van der Waals surface area contributed by atoms with Gasteiger partial charge in [0.1, 0.15) is 22.7 Å². The Balaban J connectivity index is 1.12. The number of hydrogen-bond donors (Lipinski definition) is 0. The van der Waals surface area contributed by atoms with Gasteiger partial charge in [0.15, 0.2) is 0 Å². The van der Waals surface area contributed by atoms with E-state index in [4.69, 9.17) is 9.15 Å². The van der Waals surface area contributed by atoms with Crippen molar-refractivity contribution in [2.45, 2.75) is 5.41 Å². The molecule has 0 unspecified atom stereocenters. The van der Waals surface area contributed by atoms with Crippen molar-refractivity contribution in [3.8, 4) is 56.0 Å². The Bertz CT molecular complexity index is 3480. The second-order valence-electron chi connectivity index (χ2n) is 15.9. The van der Waals surface area contributed by atoms with Crippen molar-refractivity contribution < 1.29 is 9.15 Å². The third kappa shape index (κ3) is 4.51. The van der Waals surface area contributed by atoms with Crippen LogP contribution in [0.3, 0.4) is 0 Å². The van der Waals surface area contributed by atoms with Crippen molar-refractivity contribution >= 4 is 43.5 Å². The summed E-state index contributed by atoms with van der Waals surface area (Å²) in [4.78, 5) is 0. The Labute approximate surface area is 341 Å². The summed E-state index contributed by atoms with van der Waals surface area (Å²) in [6, 6.07) is 75.3. The van der Waals surface area contributed by atoms with Crippen LogP contribution in [0, 0.1) is 0 Å². The van der Waals surface area contributed by atoms with Crippen LogP contribution in [0.2, 0.25) is 0 Å². The third-order valence-corrected chi connectivity index (χ3v) is 12.9. The molecule has 0 atom stereocenters. The van der Waals surface area contributed by atoms with E-state index < -0.39 is 5.41 Å². The van der Waals surface area contributed by atoms with Crippen molar-refractivity contribution in [3.05, 3.63) is 229 Å². The smallest absolute Gasteiger partial charge is 0.135 e. The van der Waals surface area contributed by atoms with E-state index in [0.717, 1.165) is 50.1 Å². The van der Waals surface area contributed by atoms with Gasteiger partial charge in [-0.2, -0.15) is 0 Å². The quantitative estimate of drug-likeness (QED) is 0.179. The second-order valence-corrected chi connectivity index (χ2v) is 15.9. The molecule has 11 aromatic rings. The molecule has 1 aliphatic heterocycles. The first kappa shape index (κ1) is 32.4. The molecule has 10 aromatic carbocycles. The van der Waals surface area contributed by atoms with E-state index in [9.17, 15) is 0 Å². The normalized spacial score (nSPS) is 13.4. The molecule has 0 saturated carbocycles. The largest absolute Gasteiger partial charge is 0.456 e.